The Balaban J connectivity index is 1.28. The quantitative estimate of drug-likeness (QED) is 0.288. The predicted octanol–water partition coefficient (Wildman–Crippen LogP) is 4.99. The number of rotatable bonds is 12. The Labute approximate surface area is 226 Å². The molecule has 0 bridgehead atoms. The zero-order chi connectivity index (χ0) is 27.1. The summed E-state index contributed by atoms with van der Waals surface area (Å²) in [5, 5.41) is 24.6. The molecule has 0 aliphatic carbocycles. The van der Waals surface area contributed by atoms with Crippen molar-refractivity contribution in [3.63, 3.8) is 0 Å². The maximum absolute atomic E-state index is 12.0. The first-order chi connectivity index (χ1) is 18.3. The standard InChI is InChI=1S/C29H39N2O6P/c1-20(2)16-23-8-9-24(17-25(23)32)27-37-30-26(38-27)22-6-4-21(5-7-22)18-31-12-10-29(11-13-31,28(33)34)19-36-15-14-35-3/h4-9,17,20,27,32,38H,10-16,18-19H2,1-3H3,(H,33,34). The molecule has 2 aromatic carbocycles. The summed E-state index contributed by atoms with van der Waals surface area (Å²) in [5.74, 6) is -0.156. The van der Waals surface area contributed by atoms with Gasteiger partial charge in [-0.2, -0.15) is 0 Å². The van der Waals surface area contributed by atoms with Gasteiger partial charge in [0.15, 0.2) is 5.85 Å². The fourth-order valence-electron chi connectivity index (χ4n) is 4.91. The average Bonchev–Trinajstić information content (AvgIpc) is 3.39. The van der Waals surface area contributed by atoms with Crippen LogP contribution in [0, 0.1) is 11.3 Å². The van der Waals surface area contributed by atoms with Gasteiger partial charge in [-0.3, -0.25) is 9.69 Å². The molecule has 2 atom stereocenters. The number of hydrogen-bond donors (Lipinski definition) is 2. The molecule has 2 aliphatic rings. The highest BCUT2D eigenvalue weighted by molar-refractivity contribution is 7.59. The van der Waals surface area contributed by atoms with Crippen molar-refractivity contribution in [1.29, 1.82) is 0 Å². The number of carbonyl (C=O) groups is 1. The lowest BCUT2D eigenvalue weighted by molar-refractivity contribution is -0.157. The second-order valence-corrected chi connectivity index (χ2v) is 11.9. The molecule has 0 amide bonds. The summed E-state index contributed by atoms with van der Waals surface area (Å²) < 4.78 is 10.6. The zero-order valence-corrected chi connectivity index (χ0v) is 23.5. The van der Waals surface area contributed by atoms with Gasteiger partial charge >= 0.3 is 5.97 Å². The van der Waals surface area contributed by atoms with Crippen LogP contribution in [0.4, 0.5) is 0 Å². The van der Waals surface area contributed by atoms with E-state index in [0.717, 1.165) is 35.1 Å². The summed E-state index contributed by atoms with van der Waals surface area (Å²) >= 11 is 0. The first kappa shape index (κ1) is 28.5. The zero-order valence-electron chi connectivity index (χ0n) is 22.5. The maximum atomic E-state index is 12.0. The number of phenols is 1. The van der Waals surface area contributed by atoms with Crippen molar-refractivity contribution in [2.75, 3.05) is 40.0 Å². The van der Waals surface area contributed by atoms with Crippen LogP contribution in [0.25, 0.3) is 0 Å². The third-order valence-electron chi connectivity index (χ3n) is 7.27. The molecule has 8 nitrogen and oxygen atoms in total. The highest BCUT2D eigenvalue weighted by atomic mass is 31.1. The van der Waals surface area contributed by atoms with Gasteiger partial charge < -0.3 is 24.5 Å². The SMILES string of the molecule is COCCOCC1(C(=O)O)CCN(Cc2ccc(C3=NOC(c4ccc(CC(C)C)c(O)c4)P3)cc2)CC1. The van der Waals surface area contributed by atoms with Crippen LogP contribution in [0.15, 0.2) is 47.6 Å². The van der Waals surface area contributed by atoms with Gasteiger partial charge in [-0.1, -0.05) is 55.4 Å². The molecular formula is C29H39N2O6P. The van der Waals surface area contributed by atoms with Gasteiger partial charge in [0.05, 0.1) is 25.2 Å². The summed E-state index contributed by atoms with van der Waals surface area (Å²) in [7, 11) is 1.96. The van der Waals surface area contributed by atoms with Gasteiger partial charge in [-0.15, -0.1) is 0 Å². The Bertz CT molecular complexity index is 1110. The van der Waals surface area contributed by atoms with Crippen molar-refractivity contribution in [2.45, 2.75) is 45.5 Å². The molecule has 206 valence electrons. The van der Waals surface area contributed by atoms with E-state index in [-0.39, 0.29) is 12.5 Å². The van der Waals surface area contributed by atoms with Crippen molar-refractivity contribution in [3.8, 4) is 5.75 Å². The molecule has 0 saturated carbocycles. The van der Waals surface area contributed by atoms with Crippen LogP contribution in [-0.4, -0.2) is 66.6 Å². The first-order valence-corrected chi connectivity index (χ1v) is 14.3. The molecule has 0 spiro atoms. The number of nitrogens with zero attached hydrogens (tertiary/aromatic N) is 2. The molecule has 0 radical (unpaired) electrons. The Morgan fingerprint density at radius 1 is 1.18 bits per heavy atom. The first-order valence-electron chi connectivity index (χ1n) is 13.2. The molecule has 4 rings (SSSR count). The second kappa shape index (κ2) is 13.0. The molecule has 38 heavy (non-hydrogen) atoms. The van der Waals surface area contributed by atoms with Crippen LogP contribution in [0.1, 0.15) is 54.8 Å². The Hall–Kier alpha value is -2.51. The van der Waals surface area contributed by atoms with Crippen molar-refractivity contribution in [3.05, 3.63) is 64.7 Å². The van der Waals surface area contributed by atoms with E-state index < -0.39 is 11.4 Å². The van der Waals surface area contributed by atoms with Crippen LogP contribution < -0.4 is 0 Å². The Kier molecular flexibility index (Phi) is 9.77. The molecule has 0 aromatic heterocycles. The molecule has 2 unspecified atom stereocenters. The van der Waals surface area contributed by atoms with Crippen LogP contribution in [0.2, 0.25) is 0 Å². The number of carboxylic acid groups (broad SMARTS) is 1. The molecule has 9 heteroatoms. The van der Waals surface area contributed by atoms with Crippen molar-refractivity contribution in [1.82, 2.24) is 4.90 Å². The highest BCUT2D eigenvalue weighted by Gasteiger charge is 2.41. The third-order valence-corrected chi connectivity index (χ3v) is 8.62. The number of oxime groups is 1. The molecule has 1 saturated heterocycles. The van der Waals surface area contributed by atoms with E-state index in [0.29, 0.717) is 59.4 Å². The van der Waals surface area contributed by atoms with E-state index in [1.807, 2.05) is 12.1 Å². The van der Waals surface area contributed by atoms with Gasteiger partial charge in [-0.05, 0) is 64.0 Å². The minimum Gasteiger partial charge on any atom is -0.508 e. The summed E-state index contributed by atoms with van der Waals surface area (Å²) in [5.41, 5.74) is 4.21. The Morgan fingerprint density at radius 2 is 1.92 bits per heavy atom. The Morgan fingerprint density at radius 3 is 2.55 bits per heavy atom. The van der Waals surface area contributed by atoms with E-state index in [2.05, 4.69) is 48.2 Å². The number of carboxylic acids is 1. The number of piperidine rings is 1. The van der Waals surface area contributed by atoms with Crippen molar-refractivity contribution in [2.24, 2.45) is 16.5 Å². The largest absolute Gasteiger partial charge is 0.508 e. The number of likely N-dealkylation sites (tertiary alicyclic amines) is 1. The van der Waals surface area contributed by atoms with Gasteiger partial charge in [0.2, 0.25) is 0 Å². The highest BCUT2D eigenvalue weighted by Crippen LogP contribution is 2.45. The number of aromatic hydroxyl groups is 1. The van der Waals surface area contributed by atoms with Crippen LogP contribution in [0.5, 0.6) is 5.75 Å². The molecule has 2 aliphatic heterocycles. The number of methoxy groups -OCH3 is 1. The molecule has 2 heterocycles. The van der Waals surface area contributed by atoms with Gasteiger partial charge in [0, 0.05) is 24.8 Å². The number of benzene rings is 2. The molecule has 1 fully saturated rings. The van der Waals surface area contributed by atoms with Crippen molar-refractivity contribution < 1.29 is 29.3 Å². The third kappa shape index (κ3) is 7.11. The maximum Gasteiger partial charge on any atom is 0.312 e. The smallest absolute Gasteiger partial charge is 0.312 e. The van der Waals surface area contributed by atoms with Crippen LogP contribution >= 0.6 is 8.58 Å². The van der Waals surface area contributed by atoms with E-state index in [9.17, 15) is 15.0 Å². The lowest BCUT2D eigenvalue weighted by atomic mass is 9.79. The van der Waals surface area contributed by atoms with Gasteiger partial charge in [0.25, 0.3) is 0 Å². The minimum atomic E-state index is -0.822. The fourth-order valence-corrected chi connectivity index (χ4v) is 6.05. The number of aliphatic carboxylic acids is 1. The predicted molar refractivity (Wildman–Crippen MR) is 149 cm³/mol. The van der Waals surface area contributed by atoms with Gasteiger partial charge in [0.1, 0.15) is 11.2 Å². The topological polar surface area (TPSA) is 101 Å². The minimum absolute atomic E-state index is 0.176. The normalized spacial score (nSPS) is 20.0. The second-order valence-electron chi connectivity index (χ2n) is 10.7. The average molecular weight is 543 g/mol. The number of ether oxygens (including phenoxy) is 2. The number of hydrogen-bond acceptors (Lipinski definition) is 7. The van der Waals surface area contributed by atoms with E-state index in [1.54, 1.807) is 13.2 Å². The number of phenolic OH excluding ortho intramolecular Hbond substituents is 1. The lowest BCUT2D eigenvalue weighted by Crippen LogP contribution is -2.46. The molecule has 2 N–H and O–H groups in total. The fraction of sp³-hybridized carbons (Fsp3) is 0.517. The molecule has 2 aromatic rings. The van der Waals surface area contributed by atoms with E-state index >= 15 is 0 Å². The summed E-state index contributed by atoms with van der Waals surface area (Å²) in [6.07, 6.45) is 1.98. The summed E-state index contributed by atoms with van der Waals surface area (Å²) in [6.45, 7) is 7.58. The lowest BCUT2D eigenvalue weighted by Gasteiger charge is -2.38. The van der Waals surface area contributed by atoms with Crippen molar-refractivity contribution >= 4 is 20.0 Å². The van der Waals surface area contributed by atoms with Gasteiger partial charge in [-0.25, -0.2) is 0 Å². The van der Waals surface area contributed by atoms with Crippen LogP contribution in [-0.2, 0) is 32.1 Å². The van der Waals surface area contributed by atoms with E-state index in [1.165, 1.54) is 5.56 Å². The summed E-state index contributed by atoms with van der Waals surface area (Å²) in [6, 6.07) is 14.2. The van der Waals surface area contributed by atoms with E-state index in [4.69, 9.17) is 14.3 Å². The van der Waals surface area contributed by atoms with Crippen LogP contribution in [0.3, 0.4) is 0 Å². The summed E-state index contributed by atoms with van der Waals surface area (Å²) in [4.78, 5) is 20.0. The monoisotopic (exact) mass is 542 g/mol. The molecular weight excluding hydrogens is 503 g/mol.